The van der Waals surface area contributed by atoms with Crippen LogP contribution < -0.4 is 15.4 Å². The third kappa shape index (κ3) is 4.14. The Labute approximate surface area is 208 Å². The van der Waals surface area contributed by atoms with Gasteiger partial charge >= 0.3 is 6.09 Å². The Balaban J connectivity index is 1.79. The number of aryl methyl sites for hydroxylation is 1. The number of rotatable bonds is 3. The highest BCUT2D eigenvalue weighted by atomic mass is 35.5. The molecule has 0 aliphatic carbocycles. The quantitative estimate of drug-likeness (QED) is 0.406. The monoisotopic (exact) mass is 524 g/mol. The largest absolute Gasteiger partial charge is 0.465 e. The number of nitrogens with one attached hydrogen (secondary N) is 3. The van der Waals surface area contributed by atoms with Gasteiger partial charge in [-0.3, -0.25) is 19.8 Å². The lowest BCUT2D eigenvalue weighted by Crippen LogP contribution is -2.59. The molecule has 5 N–H and O–H groups in total. The topological polar surface area (TPSA) is 149 Å². The average molecular weight is 525 g/mol. The molecule has 13 heteroatoms. The van der Waals surface area contributed by atoms with E-state index in [9.17, 15) is 19.2 Å². The molecule has 1 unspecified atom stereocenters. The molecule has 35 heavy (non-hydrogen) atoms. The zero-order chi connectivity index (χ0) is 25.8. The first kappa shape index (κ1) is 25.3. The van der Waals surface area contributed by atoms with Gasteiger partial charge in [-0.25, -0.2) is 19.2 Å². The number of aliphatic imine (C=N–C) groups is 1. The Kier molecular flexibility index (Phi) is 6.29. The van der Waals surface area contributed by atoms with E-state index in [-0.39, 0.29) is 23.0 Å². The first-order chi connectivity index (χ1) is 16.3. The Morgan fingerprint density at radius 3 is 2.66 bits per heavy atom. The molecule has 0 bridgehead atoms. The summed E-state index contributed by atoms with van der Waals surface area (Å²) in [5, 5.41) is 14.1. The summed E-state index contributed by atoms with van der Waals surface area (Å²) < 4.78 is 29.1. The zero-order valence-corrected chi connectivity index (χ0v) is 21.1. The molecule has 2 amide bonds. The number of pyridine rings is 2. The second-order valence-corrected chi connectivity index (χ2v) is 12.7. The molecule has 188 valence electrons. The molecule has 3 atom stereocenters. The molecule has 2 aromatic rings. The van der Waals surface area contributed by atoms with Gasteiger partial charge in [0, 0.05) is 12.7 Å². The molecule has 10 nitrogen and oxygen atoms in total. The van der Waals surface area contributed by atoms with Crippen LogP contribution in [-0.2, 0) is 5.54 Å². The molecule has 4 rings (SSSR count). The second-order valence-electron chi connectivity index (χ2n) is 9.15. The summed E-state index contributed by atoms with van der Waals surface area (Å²) in [6, 6.07) is 4.06. The van der Waals surface area contributed by atoms with Crippen molar-refractivity contribution < 1.29 is 23.6 Å². The van der Waals surface area contributed by atoms with Gasteiger partial charge in [-0.2, -0.15) is 0 Å². The number of halogens is 2. The predicted molar refractivity (Wildman–Crippen MR) is 133 cm³/mol. The highest BCUT2D eigenvalue weighted by molar-refractivity contribution is 8.29. The SMILES string of the molecule is Cc1cc(Cl)cnc1C(=O)Nc1ccc(F)c([C@@]2(C)N=C(NC(=O)O)C(C)(C)S3(O)NCC[C@H]23)n1. The maximum atomic E-state index is 15.2. The van der Waals surface area contributed by atoms with Gasteiger partial charge < -0.3 is 15.0 Å². The van der Waals surface area contributed by atoms with Crippen molar-refractivity contribution in [3.63, 3.8) is 0 Å². The summed E-state index contributed by atoms with van der Waals surface area (Å²) in [5.74, 6) is -1.19. The van der Waals surface area contributed by atoms with Gasteiger partial charge in [0.05, 0.1) is 15.0 Å². The molecule has 2 aromatic heterocycles. The number of aromatic nitrogens is 2. The van der Waals surface area contributed by atoms with Crippen molar-refractivity contribution in [2.75, 3.05) is 11.9 Å². The maximum Gasteiger partial charge on any atom is 0.410 e. The van der Waals surface area contributed by atoms with E-state index in [1.165, 1.54) is 12.3 Å². The fourth-order valence-corrected chi connectivity index (χ4v) is 8.25. The maximum absolute atomic E-state index is 15.2. The fourth-order valence-electron chi connectivity index (χ4n) is 4.66. The van der Waals surface area contributed by atoms with Gasteiger partial charge in [0.1, 0.15) is 34.4 Å². The number of anilines is 1. The summed E-state index contributed by atoms with van der Waals surface area (Å²) in [4.78, 5) is 37.3. The number of carboxylic acid groups (broad SMARTS) is 1. The van der Waals surface area contributed by atoms with Crippen LogP contribution in [0.4, 0.5) is 15.0 Å². The number of amidine groups is 1. The van der Waals surface area contributed by atoms with Gasteiger partial charge in [-0.15, -0.1) is 0 Å². The van der Waals surface area contributed by atoms with Crippen molar-refractivity contribution in [2.24, 2.45) is 4.99 Å². The van der Waals surface area contributed by atoms with E-state index >= 15 is 4.39 Å². The number of hydrogen-bond donors (Lipinski definition) is 5. The van der Waals surface area contributed by atoms with Gasteiger partial charge in [0.15, 0.2) is 0 Å². The minimum Gasteiger partial charge on any atom is -0.465 e. The molecule has 4 heterocycles. The van der Waals surface area contributed by atoms with Gasteiger partial charge in [0.2, 0.25) is 0 Å². The Bertz CT molecular complexity index is 1260. The van der Waals surface area contributed by atoms with Crippen LogP contribution in [0.2, 0.25) is 5.02 Å². The van der Waals surface area contributed by atoms with Crippen LogP contribution in [0.25, 0.3) is 0 Å². The summed E-state index contributed by atoms with van der Waals surface area (Å²) in [6.07, 6.45) is 0.473. The lowest BCUT2D eigenvalue weighted by Gasteiger charge is -2.56. The predicted octanol–water partition coefficient (Wildman–Crippen LogP) is 4.06. The molecule has 1 fully saturated rings. The number of fused-ring (bicyclic) bond motifs is 1. The lowest BCUT2D eigenvalue weighted by molar-refractivity contribution is 0.102. The van der Waals surface area contributed by atoms with Crippen molar-refractivity contribution in [1.82, 2.24) is 20.0 Å². The molecule has 2 aliphatic heterocycles. The fraction of sp³-hybridized carbons (Fsp3) is 0.409. The number of amides is 2. The molecule has 0 saturated carbocycles. The van der Waals surface area contributed by atoms with E-state index in [1.54, 1.807) is 33.8 Å². The second kappa shape index (κ2) is 8.70. The molecule has 2 aliphatic rings. The molecule has 0 spiro atoms. The molecule has 0 radical (unpaired) electrons. The van der Waals surface area contributed by atoms with Crippen LogP contribution in [0.3, 0.4) is 0 Å². The average Bonchev–Trinajstić information content (AvgIpc) is 3.18. The van der Waals surface area contributed by atoms with E-state index in [4.69, 9.17) is 11.6 Å². The number of hydrogen-bond acceptors (Lipinski definition) is 7. The van der Waals surface area contributed by atoms with Crippen molar-refractivity contribution >= 4 is 45.7 Å². The van der Waals surface area contributed by atoms with Crippen molar-refractivity contribution in [1.29, 1.82) is 0 Å². The van der Waals surface area contributed by atoms with Crippen LogP contribution in [0, 0.1) is 12.7 Å². The third-order valence-electron chi connectivity index (χ3n) is 6.51. The summed E-state index contributed by atoms with van der Waals surface area (Å²) >= 11 is 5.91. The van der Waals surface area contributed by atoms with E-state index < -0.39 is 43.8 Å². The number of carbonyl (C=O) groups is 2. The van der Waals surface area contributed by atoms with Crippen LogP contribution >= 0.6 is 22.1 Å². The van der Waals surface area contributed by atoms with E-state index in [0.717, 1.165) is 6.07 Å². The molecular weight excluding hydrogens is 499 g/mol. The van der Waals surface area contributed by atoms with Crippen LogP contribution in [0.1, 0.15) is 48.9 Å². The van der Waals surface area contributed by atoms with Crippen LogP contribution in [-0.4, -0.2) is 54.0 Å². The normalized spacial score (nSPS) is 28.9. The van der Waals surface area contributed by atoms with Crippen molar-refractivity contribution in [2.45, 2.75) is 49.7 Å². The first-order valence-corrected chi connectivity index (χ1v) is 12.8. The van der Waals surface area contributed by atoms with Crippen LogP contribution in [0.5, 0.6) is 0 Å². The Morgan fingerprint density at radius 1 is 1.29 bits per heavy atom. The summed E-state index contributed by atoms with van der Waals surface area (Å²) in [6.45, 7) is 7.15. The minimum absolute atomic E-state index is 0.00674. The molecular formula is C22H26ClFN6O4S. The van der Waals surface area contributed by atoms with Gasteiger partial charge in [0.25, 0.3) is 5.91 Å². The van der Waals surface area contributed by atoms with E-state index in [2.05, 4.69) is 30.3 Å². The standard InChI is InChI=1S/C22H26ClFN6O4S/c1-11-9-12(23)10-25-16(11)18(31)28-15-6-5-13(24)17(27-15)22(4)14-7-8-26-35(14,34)21(2,3)19(30-22)29-20(32)33/h5-6,9-10,14,26,34H,7-8H2,1-4H3,(H,29,30)(H,32,33)(H,27,28,31)/t14-,22+/m1/s1. The Hall–Kier alpha value is -2.80. The van der Waals surface area contributed by atoms with Gasteiger partial charge in [-0.1, -0.05) is 22.1 Å². The smallest absolute Gasteiger partial charge is 0.410 e. The number of nitrogens with zero attached hydrogens (tertiary/aromatic N) is 3. The summed E-state index contributed by atoms with van der Waals surface area (Å²) in [7, 11) is -2.70. The van der Waals surface area contributed by atoms with Crippen molar-refractivity contribution in [3.05, 3.63) is 52.2 Å². The van der Waals surface area contributed by atoms with E-state index in [0.29, 0.717) is 23.6 Å². The minimum atomic E-state index is -2.70. The summed E-state index contributed by atoms with van der Waals surface area (Å²) in [5.41, 5.74) is -0.841. The lowest BCUT2D eigenvalue weighted by atomic mass is 9.89. The zero-order valence-electron chi connectivity index (χ0n) is 19.5. The molecule has 1 saturated heterocycles. The Morgan fingerprint density at radius 2 is 2.00 bits per heavy atom. The van der Waals surface area contributed by atoms with Crippen LogP contribution in [0.15, 0.2) is 29.4 Å². The van der Waals surface area contributed by atoms with E-state index in [1.807, 2.05) is 0 Å². The number of carbonyl (C=O) groups excluding carboxylic acids is 1. The molecule has 0 aromatic carbocycles. The highest BCUT2D eigenvalue weighted by Gasteiger charge is 2.62. The highest BCUT2D eigenvalue weighted by Crippen LogP contribution is 2.67. The third-order valence-corrected chi connectivity index (χ3v) is 10.6. The first-order valence-electron chi connectivity index (χ1n) is 10.8. The van der Waals surface area contributed by atoms with Gasteiger partial charge in [-0.05, 0) is 57.9 Å². The van der Waals surface area contributed by atoms with Crippen molar-refractivity contribution in [3.8, 4) is 0 Å².